The van der Waals surface area contributed by atoms with Crippen LogP contribution in [-0.4, -0.2) is 46.0 Å². The third kappa shape index (κ3) is 3.63. The molecule has 0 aliphatic carbocycles. The highest BCUT2D eigenvalue weighted by molar-refractivity contribution is 5.81. The van der Waals surface area contributed by atoms with Crippen molar-refractivity contribution >= 4 is 16.8 Å². The predicted molar refractivity (Wildman–Crippen MR) is 106 cm³/mol. The van der Waals surface area contributed by atoms with Crippen molar-refractivity contribution in [2.75, 3.05) is 19.6 Å². The number of benzene rings is 1. The summed E-state index contributed by atoms with van der Waals surface area (Å²) < 4.78 is 1.44. The van der Waals surface area contributed by atoms with Crippen LogP contribution in [0.1, 0.15) is 45.1 Å². The number of fused-ring (bicyclic) bond motifs is 2. The SMILES string of the molecule is C[C@@H](C(=O)NC[C@H]1CCCN2CCCC[C@@H]12)n1cnc2ccccc2c1=O. The molecule has 0 saturated carbocycles. The van der Waals surface area contributed by atoms with Crippen LogP contribution >= 0.6 is 0 Å². The highest BCUT2D eigenvalue weighted by Crippen LogP contribution is 2.30. The van der Waals surface area contributed by atoms with Crippen molar-refractivity contribution in [2.24, 2.45) is 5.92 Å². The molecule has 2 aromatic rings. The summed E-state index contributed by atoms with van der Waals surface area (Å²) in [5.74, 6) is 0.406. The summed E-state index contributed by atoms with van der Waals surface area (Å²) in [7, 11) is 0. The Labute approximate surface area is 159 Å². The molecule has 6 heteroatoms. The first kappa shape index (κ1) is 18.2. The quantitative estimate of drug-likeness (QED) is 0.899. The molecule has 0 bridgehead atoms. The average molecular weight is 368 g/mol. The van der Waals surface area contributed by atoms with Gasteiger partial charge < -0.3 is 10.2 Å². The van der Waals surface area contributed by atoms with E-state index in [0.29, 0.717) is 29.4 Å². The van der Waals surface area contributed by atoms with E-state index in [0.717, 1.165) is 0 Å². The van der Waals surface area contributed by atoms with Crippen molar-refractivity contribution in [3.8, 4) is 0 Å². The third-order valence-corrected chi connectivity index (χ3v) is 6.25. The van der Waals surface area contributed by atoms with Gasteiger partial charge in [0.1, 0.15) is 6.04 Å². The van der Waals surface area contributed by atoms with Gasteiger partial charge in [0.05, 0.1) is 17.2 Å². The second-order valence-electron chi connectivity index (χ2n) is 7.90. The maximum absolute atomic E-state index is 12.7. The van der Waals surface area contributed by atoms with Crippen molar-refractivity contribution in [3.63, 3.8) is 0 Å². The maximum atomic E-state index is 12.7. The zero-order valence-electron chi connectivity index (χ0n) is 15.9. The van der Waals surface area contributed by atoms with Crippen LogP contribution in [0, 0.1) is 5.92 Å². The molecule has 2 aliphatic heterocycles. The minimum absolute atomic E-state index is 0.109. The molecule has 6 nitrogen and oxygen atoms in total. The average Bonchev–Trinajstić information content (AvgIpc) is 2.72. The van der Waals surface area contributed by atoms with E-state index in [1.807, 2.05) is 18.2 Å². The van der Waals surface area contributed by atoms with Gasteiger partial charge in [-0.2, -0.15) is 0 Å². The van der Waals surface area contributed by atoms with E-state index in [-0.39, 0.29) is 11.5 Å². The van der Waals surface area contributed by atoms with E-state index in [4.69, 9.17) is 0 Å². The summed E-state index contributed by atoms with van der Waals surface area (Å²) in [5.41, 5.74) is 0.491. The molecule has 27 heavy (non-hydrogen) atoms. The minimum atomic E-state index is -0.569. The van der Waals surface area contributed by atoms with E-state index in [2.05, 4.69) is 15.2 Å². The lowest BCUT2D eigenvalue weighted by molar-refractivity contribution is -0.124. The highest BCUT2D eigenvalue weighted by atomic mass is 16.2. The van der Waals surface area contributed by atoms with E-state index >= 15 is 0 Å². The number of carbonyl (C=O) groups is 1. The van der Waals surface area contributed by atoms with Crippen LogP contribution in [-0.2, 0) is 4.79 Å². The molecule has 1 amide bonds. The predicted octanol–water partition coefficient (Wildman–Crippen LogP) is 2.34. The van der Waals surface area contributed by atoms with Crippen LogP contribution in [0.15, 0.2) is 35.4 Å². The molecular formula is C21H28N4O2. The zero-order valence-corrected chi connectivity index (χ0v) is 15.9. The van der Waals surface area contributed by atoms with Gasteiger partial charge in [-0.15, -0.1) is 0 Å². The lowest BCUT2D eigenvalue weighted by Gasteiger charge is -2.44. The summed E-state index contributed by atoms with van der Waals surface area (Å²) >= 11 is 0. The van der Waals surface area contributed by atoms with Crippen molar-refractivity contribution in [3.05, 3.63) is 40.9 Å². The number of piperidine rings is 2. The van der Waals surface area contributed by atoms with Gasteiger partial charge in [-0.05, 0) is 63.7 Å². The van der Waals surface area contributed by atoms with Crippen LogP contribution in [0.3, 0.4) is 0 Å². The van der Waals surface area contributed by atoms with Gasteiger partial charge >= 0.3 is 0 Å². The molecule has 0 spiro atoms. The fourth-order valence-electron chi connectivity index (χ4n) is 4.68. The van der Waals surface area contributed by atoms with Crippen LogP contribution in [0.4, 0.5) is 0 Å². The summed E-state index contributed by atoms with van der Waals surface area (Å²) in [6.07, 6.45) is 7.70. The number of nitrogens with zero attached hydrogens (tertiary/aromatic N) is 3. The zero-order chi connectivity index (χ0) is 18.8. The Morgan fingerprint density at radius 1 is 1.22 bits per heavy atom. The van der Waals surface area contributed by atoms with Gasteiger partial charge in [0.2, 0.25) is 5.91 Å². The molecular weight excluding hydrogens is 340 g/mol. The fourth-order valence-corrected chi connectivity index (χ4v) is 4.68. The van der Waals surface area contributed by atoms with Crippen molar-refractivity contribution in [2.45, 2.75) is 51.1 Å². The van der Waals surface area contributed by atoms with Crippen LogP contribution in [0.2, 0.25) is 0 Å². The van der Waals surface area contributed by atoms with Crippen LogP contribution in [0.25, 0.3) is 10.9 Å². The molecule has 1 aromatic carbocycles. The highest BCUT2D eigenvalue weighted by Gasteiger charge is 2.33. The summed E-state index contributed by atoms with van der Waals surface area (Å²) in [5, 5.41) is 3.65. The molecule has 1 aromatic heterocycles. The van der Waals surface area contributed by atoms with Gasteiger partial charge in [0.25, 0.3) is 5.56 Å². The van der Waals surface area contributed by atoms with Crippen LogP contribution in [0.5, 0.6) is 0 Å². The number of para-hydroxylation sites is 1. The Balaban J connectivity index is 1.44. The van der Waals surface area contributed by atoms with Crippen molar-refractivity contribution in [1.82, 2.24) is 19.8 Å². The lowest BCUT2D eigenvalue weighted by Crippen LogP contribution is -2.51. The van der Waals surface area contributed by atoms with Gasteiger partial charge in [0, 0.05) is 12.6 Å². The number of nitrogens with one attached hydrogen (secondary N) is 1. The largest absolute Gasteiger partial charge is 0.354 e. The number of aromatic nitrogens is 2. The third-order valence-electron chi connectivity index (χ3n) is 6.25. The molecule has 1 N–H and O–H groups in total. The number of amides is 1. The molecule has 4 rings (SSSR count). The molecule has 0 radical (unpaired) electrons. The van der Waals surface area contributed by atoms with E-state index in [9.17, 15) is 9.59 Å². The fraction of sp³-hybridized carbons (Fsp3) is 0.571. The van der Waals surface area contributed by atoms with Gasteiger partial charge in [-0.25, -0.2) is 4.98 Å². The molecule has 2 fully saturated rings. The molecule has 2 saturated heterocycles. The normalized spacial score (nSPS) is 24.3. The molecule has 3 heterocycles. The number of carbonyl (C=O) groups excluding carboxylic acids is 1. The van der Waals surface area contributed by atoms with Gasteiger partial charge in [-0.1, -0.05) is 18.6 Å². The lowest BCUT2D eigenvalue weighted by atomic mass is 9.83. The Bertz CT molecular complexity index is 876. The monoisotopic (exact) mass is 368 g/mol. The first-order chi connectivity index (χ1) is 13.1. The summed E-state index contributed by atoms with van der Waals surface area (Å²) in [6.45, 7) is 4.86. The van der Waals surface area contributed by atoms with E-state index < -0.39 is 6.04 Å². The maximum Gasteiger partial charge on any atom is 0.261 e. The molecule has 3 atom stereocenters. The number of hydrogen-bond acceptors (Lipinski definition) is 4. The minimum Gasteiger partial charge on any atom is -0.354 e. The Morgan fingerprint density at radius 2 is 2.04 bits per heavy atom. The smallest absolute Gasteiger partial charge is 0.261 e. The Kier molecular flexibility index (Phi) is 5.25. The van der Waals surface area contributed by atoms with Crippen molar-refractivity contribution < 1.29 is 4.79 Å². The van der Waals surface area contributed by atoms with Crippen LogP contribution < -0.4 is 10.9 Å². The number of hydrogen-bond donors (Lipinski definition) is 1. The second kappa shape index (κ2) is 7.80. The van der Waals surface area contributed by atoms with Gasteiger partial charge in [-0.3, -0.25) is 14.2 Å². The summed E-state index contributed by atoms with van der Waals surface area (Å²) in [6, 6.07) is 7.28. The molecule has 144 valence electrons. The second-order valence-corrected chi connectivity index (χ2v) is 7.90. The topological polar surface area (TPSA) is 67.2 Å². The summed E-state index contributed by atoms with van der Waals surface area (Å²) in [4.78, 5) is 32.4. The molecule has 2 aliphatic rings. The first-order valence-corrected chi connectivity index (χ1v) is 10.1. The first-order valence-electron chi connectivity index (χ1n) is 10.1. The Hall–Kier alpha value is -2.21. The van der Waals surface area contributed by atoms with E-state index in [1.165, 1.54) is 56.1 Å². The van der Waals surface area contributed by atoms with Gasteiger partial charge in [0.15, 0.2) is 0 Å². The number of rotatable bonds is 4. The standard InChI is InChI=1S/C21H28N4O2/c1-15(25-14-23-18-9-3-2-8-17(18)21(25)27)20(26)22-13-16-7-6-12-24-11-5-4-10-19(16)24/h2-3,8-9,14-16,19H,4-7,10-13H2,1H3,(H,22,26)/t15-,16+,19-/m0/s1. The Morgan fingerprint density at radius 3 is 2.93 bits per heavy atom. The van der Waals surface area contributed by atoms with E-state index in [1.54, 1.807) is 13.0 Å². The van der Waals surface area contributed by atoms with Crippen molar-refractivity contribution in [1.29, 1.82) is 0 Å². The molecule has 0 unspecified atom stereocenters.